The van der Waals surface area contributed by atoms with Crippen LogP contribution in [0.25, 0.3) is 0 Å². The highest BCUT2D eigenvalue weighted by molar-refractivity contribution is 9.11. The molecule has 1 aliphatic rings. The minimum atomic E-state index is -1.14. The lowest BCUT2D eigenvalue weighted by atomic mass is 9.86. The lowest BCUT2D eigenvalue weighted by Crippen LogP contribution is -2.56. The Morgan fingerprint density at radius 3 is 2.55 bits per heavy atom. The van der Waals surface area contributed by atoms with E-state index in [2.05, 4.69) is 38.5 Å². The summed E-state index contributed by atoms with van der Waals surface area (Å²) in [6.45, 7) is 11.4. The zero-order valence-electron chi connectivity index (χ0n) is 17.9. The first kappa shape index (κ1) is 24.9. The minimum Gasteiger partial charge on any atom is -0.467 e. The number of hydrogen-bond donors (Lipinski definition) is 1. The molecular weight excluding hydrogens is 436 g/mol. The number of halogens is 1. The Morgan fingerprint density at radius 2 is 1.97 bits per heavy atom. The van der Waals surface area contributed by atoms with Crippen molar-refractivity contribution in [3.63, 3.8) is 0 Å². The molecule has 0 bridgehead atoms. The Bertz CT molecular complexity index is 755. The largest absolute Gasteiger partial charge is 0.467 e. The molecule has 0 aromatic heterocycles. The molecule has 7 heteroatoms. The van der Waals surface area contributed by atoms with Crippen LogP contribution in [0.5, 0.6) is 0 Å². The average molecular weight is 467 g/mol. The average Bonchev–Trinajstić information content (AvgIpc) is 2.83. The molecule has 0 saturated heterocycles. The molecule has 0 spiro atoms. The summed E-state index contributed by atoms with van der Waals surface area (Å²) in [5.41, 5.74) is 2.78. The normalized spacial score (nSPS) is 15.5. The molecule has 0 saturated carbocycles. The summed E-state index contributed by atoms with van der Waals surface area (Å²) in [5.74, 6) is -0.475. The molecule has 1 unspecified atom stereocenters. The van der Waals surface area contributed by atoms with E-state index in [1.807, 2.05) is 6.92 Å². The van der Waals surface area contributed by atoms with Crippen molar-refractivity contribution >= 4 is 33.7 Å². The maximum absolute atomic E-state index is 12.6. The quantitative estimate of drug-likeness (QED) is 0.366. The van der Waals surface area contributed by atoms with Crippen molar-refractivity contribution in [2.75, 3.05) is 7.11 Å². The number of aliphatic imine (C=N–C) groups is 1. The first-order valence-electron chi connectivity index (χ1n) is 9.66. The summed E-state index contributed by atoms with van der Waals surface area (Å²) >= 11 is 3.36. The van der Waals surface area contributed by atoms with E-state index < -0.39 is 23.2 Å². The fourth-order valence-electron chi connectivity index (χ4n) is 2.96. The van der Waals surface area contributed by atoms with Crippen LogP contribution >= 0.6 is 15.9 Å². The van der Waals surface area contributed by atoms with Crippen LogP contribution < -0.4 is 5.32 Å². The van der Waals surface area contributed by atoms with Crippen molar-refractivity contribution in [2.24, 2.45) is 4.99 Å². The molecular formula is C22H31BrN2O4. The monoisotopic (exact) mass is 466 g/mol. The number of allylic oxidation sites excluding steroid dienone is 3. The molecule has 0 aromatic carbocycles. The fraction of sp³-hybridized carbons (Fsp3) is 0.545. The van der Waals surface area contributed by atoms with Crippen molar-refractivity contribution in [2.45, 2.75) is 70.9 Å². The Kier molecular flexibility index (Phi) is 9.60. The van der Waals surface area contributed by atoms with Gasteiger partial charge in [-0.25, -0.2) is 9.59 Å². The first-order valence-corrected chi connectivity index (χ1v) is 10.5. The van der Waals surface area contributed by atoms with Crippen LogP contribution in [0.2, 0.25) is 0 Å². The maximum atomic E-state index is 12.6. The van der Waals surface area contributed by atoms with E-state index in [4.69, 9.17) is 9.47 Å². The highest BCUT2D eigenvalue weighted by Crippen LogP contribution is 2.25. The van der Waals surface area contributed by atoms with Crippen LogP contribution in [-0.2, 0) is 14.3 Å². The lowest BCUT2D eigenvalue weighted by Gasteiger charge is -2.33. The summed E-state index contributed by atoms with van der Waals surface area (Å²) in [4.78, 5) is 29.4. The second-order valence-corrected chi connectivity index (χ2v) is 8.81. The number of esters is 1. The van der Waals surface area contributed by atoms with Crippen LogP contribution in [0.15, 0.2) is 45.7 Å². The Morgan fingerprint density at radius 1 is 1.28 bits per heavy atom. The van der Waals surface area contributed by atoms with E-state index in [0.717, 1.165) is 15.8 Å². The SMILES string of the molecule is C=C(CCCC(CCC)(NC(=O)OC(C)(C)C)C(=O)OC)C1=NC=C(Br)C=C=C1. The van der Waals surface area contributed by atoms with Crippen LogP contribution in [0.3, 0.4) is 0 Å². The molecule has 160 valence electrons. The third-order valence-corrected chi connectivity index (χ3v) is 4.64. The van der Waals surface area contributed by atoms with E-state index in [1.165, 1.54) is 7.11 Å². The van der Waals surface area contributed by atoms with Crippen molar-refractivity contribution in [3.8, 4) is 0 Å². The van der Waals surface area contributed by atoms with Gasteiger partial charge in [-0.1, -0.05) is 19.9 Å². The highest BCUT2D eigenvalue weighted by atomic mass is 79.9. The van der Waals surface area contributed by atoms with Gasteiger partial charge in [-0.15, -0.1) is 5.73 Å². The summed E-state index contributed by atoms with van der Waals surface area (Å²) < 4.78 is 11.2. The van der Waals surface area contributed by atoms with E-state index >= 15 is 0 Å². The zero-order valence-corrected chi connectivity index (χ0v) is 19.5. The Balaban J connectivity index is 2.89. The molecule has 0 radical (unpaired) electrons. The number of nitrogens with one attached hydrogen (secondary N) is 1. The summed E-state index contributed by atoms with van der Waals surface area (Å²) in [6, 6.07) is 0. The maximum Gasteiger partial charge on any atom is 0.408 e. The van der Waals surface area contributed by atoms with E-state index in [0.29, 0.717) is 32.1 Å². The number of carbonyl (C=O) groups excluding carboxylic acids is 2. The predicted octanol–water partition coefficient (Wildman–Crippen LogP) is 5.35. The second kappa shape index (κ2) is 11.2. The molecule has 0 fully saturated rings. The molecule has 1 rings (SSSR count). The summed E-state index contributed by atoms with van der Waals surface area (Å²) in [7, 11) is 1.32. The number of alkyl carbamates (subject to hydrolysis) is 1. The molecule has 1 N–H and O–H groups in total. The Labute approximate surface area is 182 Å². The number of carbonyl (C=O) groups is 2. The van der Waals surface area contributed by atoms with E-state index in [9.17, 15) is 9.59 Å². The highest BCUT2D eigenvalue weighted by Gasteiger charge is 2.41. The summed E-state index contributed by atoms with van der Waals surface area (Å²) in [6.07, 6.45) is 7.38. The van der Waals surface area contributed by atoms with Gasteiger partial charge in [0.1, 0.15) is 11.1 Å². The van der Waals surface area contributed by atoms with Crippen LogP contribution in [-0.4, -0.2) is 36.0 Å². The van der Waals surface area contributed by atoms with Gasteiger partial charge in [0.2, 0.25) is 0 Å². The standard InChI is InChI=1S/C22H31BrN2O4/c1-7-13-22(19(26)28-6,25-20(27)29-21(3,4)5)14-9-10-16(2)18-12-8-11-17(23)15-24-18/h11-12,15H,2,7,9-10,13-14H2,1,3-6H3,(H,25,27). The number of hydrogen-bond acceptors (Lipinski definition) is 5. The third-order valence-electron chi connectivity index (χ3n) is 4.21. The van der Waals surface area contributed by atoms with Crippen LogP contribution in [0.4, 0.5) is 4.79 Å². The van der Waals surface area contributed by atoms with Gasteiger partial charge in [0.25, 0.3) is 0 Å². The topological polar surface area (TPSA) is 77.0 Å². The molecule has 0 aliphatic carbocycles. The van der Waals surface area contributed by atoms with Gasteiger partial charge in [0.05, 0.1) is 12.8 Å². The molecule has 1 atom stereocenters. The van der Waals surface area contributed by atoms with Gasteiger partial charge in [-0.2, -0.15) is 0 Å². The van der Waals surface area contributed by atoms with Crippen molar-refractivity contribution in [1.82, 2.24) is 5.32 Å². The van der Waals surface area contributed by atoms with Gasteiger partial charge >= 0.3 is 12.1 Å². The number of ether oxygens (including phenoxy) is 2. The number of amides is 1. The molecule has 1 aliphatic heterocycles. The van der Waals surface area contributed by atoms with Gasteiger partial charge in [-0.05, 0) is 74.0 Å². The first-order chi connectivity index (χ1) is 13.5. The minimum absolute atomic E-state index is 0.401. The molecule has 29 heavy (non-hydrogen) atoms. The van der Waals surface area contributed by atoms with Gasteiger partial charge in [0, 0.05) is 16.8 Å². The van der Waals surface area contributed by atoms with Crippen molar-refractivity contribution in [1.29, 1.82) is 0 Å². The fourth-order valence-corrected chi connectivity index (χ4v) is 3.19. The summed E-state index contributed by atoms with van der Waals surface area (Å²) in [5, 5.41) is 2.77. The van der Waals surface area contributed by atoms with E-state index in [-0.39, 0.29) is 0 Å². The zero-order chi connectivity index (χ0) is 22.1. The van der Waals surface area contributed by atoms with Crippen LogP contribution in [0.1, 0.15) is 59.8 Å². The number of rotatable bonds is 9. The van der Waals surface area contributed by atoms with Gasteiger partial charge in [-0.3, -0.25) is 4.99 Å². The number of nitrogens with zero attached hydrogens (tertiary/aromatic N) is 1. The molecule has 1 amide bonds. The van der Waals surface area contributed by atoms with Gasteiger partial charge < -0.3 is 14.8 Å². The predicted molar refractivity (Wildman–Crippen MR) is 119 cm³/mol. The molecule has 1 heterocycles. The lowest BCUT2D eigenvalue weighted by molar-refractivity contribution is -0.149. The smallest absolute Gasteiger partial charge is 0.408 e. The van der Waals surface area contributed by atoms with Gasteiger partial charge in [0.15, 0.2) is 0 Å². The van der Waals surface area contributed by atoms with E-state index in [1.54, 1.807) is 39.1 Å². The van der Waals surface area contributed by atoms with Crippen molar-refractivity contribution in [3.05, 3.63) is 40.7 Å². The second-order valence-electron chi connectivity index (χ2n) is 7.89. The number of methoxy groups -OCH3 is 1. The van der Waals surface area contributed by atoms with Crippen LogP contribution in [0, 0.1) is 0 Å². The molecule has 0 aromatic rings. The third kappa shape index (κ3) is 8.42. The Hall–Kier alpha value is -2.11. The molecule has 6 nitrogen and oxygen atoms in total. The van der Waals surface area contributed by atoms with Crippen molar-refractivity contribution < 1.29 is 19.1 Å².